The maximum absolute atomic E-state index is 9.59. The predicted molar refractivity (Wildman–Crippen MR) is 45.6 cm³/mol. The molecule has 0 spiro atoms. The average Bonchev–Trinajstić information content (AvgIpc) is 2.21. The van der Waals surface area contributed by atoms with Crippen molar-refractivity contribution >= 4 is 0 Å². The Morgan fingerprint density at radius 3 is 2.21 bits per heavy atom. The first-order chi connectivity index (χ1) is 6.65. The van der Waals surface area contributed by atoms with E-state index in [1.807, 2.05) is 0 Å². The zero-order valence-corrected chi connectivity index (χ0v) is 8.16. The van der Waals surface area contributed by atoms with Crippen LogP contribution in [0.1, 0.15) is 0 Å². The van der Waals surface area contributed by atoms with E-state index in [1.54, 1.807) is 0 Å². The van der Waals surface area contributed by atoms with Gasteiger partial charge in [-0.3, -0.25) is 0 Å². The number of rotatable bonds is 3. The van der Waals surface area contributed by atoms with E-state index in [0.717, 1.165) is 0 Å². The number of hydrogen-bond acceptors (Lipinski definition) is 6. The summed E-state index contributed by atoms with van der Waals surface area (Å²) in [6.45, 7) is -0.303. The molecular formula is C8H16O6. The molecule has 0 aliphatic carbocycles. The second kappa shape index (κ2) is 5.01. The van der Waals surface area contributed by atoms with Crippen molar-refractivity contribution in [1.29, 1.82) is 0 Å². The van der Waals surface area contributed by atoms with E-state index in [-0.39, 0.29) is 6.61 Å². The molecule has 0 radical (unpaired) electrons. The maximum Gasteiger partial charge on any atom is 0.186 e. The molecule has 0 aromatic rings. The second-order valence-corrected chi connectivity index (χ2v) is 3.14. The van der Waals surface area contributed by atoms with Crippen LogP contribution in [0.15, 0.2) is 0 Å². The molecule has 6 heteroatoms. The highest BCUT2D eigenvalue weighted by molar-refractivity contribution is 4.89. The lowest BCUT2D eigenvalue weighted by molar-refractivity contribution is -0.298. The summed E-state index contributed by atoms with van der Waals surface area (Å²) in [6, 6.07) is 0. The molecule has 1 saturated heterocycles. The van der Waals surface area contributed by atoms with Crippen molar-refractivity contribution < 1.29 is 29.5 Å². The topological polar surface area (TPSA) is 88.4 Å². The van der Waals surface area contributed by atoms with Crippen molar-refractivity contribution in [3.63, 3.8) is 0 Å². The van der Waals surface area contributed by atoms with Crippen LogP contribution in [-0.2, 0) is 14.2 Å². The van der Waals surface area contributed by atoms with Gasteiger partial charge in [0.15, 0.2) is 6.29 Å². The zero-order valence-electron chi connectivity index (χ0n) is 8.16. The summed E-state index contributed by atoms with van der Waals surface area (Å²) in [5.74, 6) is 0. The van der Waals surface area contributed by atoms with Crippen LogP contribution in [0.5, 0.6) is 0 Å². The summed E-state index contributed by atoms with van der Waals surface area (Å²) >= 11 is 0. The Morgan fingerprint density at radius 2 is 1.79 bits per heavy atom. The molecule has 0 bridgehead atoms. The van der Waals surface area contributed by atoms with Gasteiger partial charge in [0, 0.05) is 14.2 Å². The van der Waals surface area contributed by atoms with Crippen molar-refractivity contribution in [3.05, 3.63) is 0 Å². The van der Waals surface area contributed by atoms with Crippen LogP contribution in [0.4, 0.5) is 0 Å². The van der Waals surface area contributed by atoms with E-state index in [4.69, 9.17) is 19.3 Å². The summed E-state index contributed by atoms with van der Waals surface area (Å²) in [4.78, 5) is 0. The number of aliphatic hydroxyl groups excluding tert-OH is 3. The van der Waals surface area contributed by atoms with E-state index in [9.17, 15) is 10.2 Å². The first-order valence-electron chi connectivity index (χ1n) is 4.33. The highest BCUT2D eigenvalue weighted by atomic mass is 16.7. The van der Waals surface area contributed by atoms with Crippen molar-refractivity contribution in [2.45, 2.75) is 30.7 Å². The monoisotopic (exact) mass is 208 g/mol. The fraction of sp³-hybridized carbons (Fsp3) is 1.00. The van der Waals surface area contributed by atoms with E-state index in [0.29, 0.717) is 0 Å². The fourth-order valence-electron chi connectivity index (χ4n) is 1.54. The molecule has 0 amide bonds. The smallest absolute Gasteiger partial charge is 0.186 e. The lowest BCUT2D eigenvalue weighted by atomic mass is 9.99. The summed E-state index contributed by atoms with van der Waals surface area (Å²) in [5.41, 5.74) is 0. The maximum atomic E-state index is 9.59. The lowest BCUT2D eigenvalue weighted by Gasteiger charge is -2.40. The Kier molecular flexibility index (Phi) is 4.24. The van der Waals surface area contributed by atoms with E-state index >= 15 is 0 Å². The van der Waals surface area contributed by atoms with Crippen LogP contribution in [0.3, 0.4) is 0 Å². The molecule has 6 nitrogen and oxygen atoms in total. The molecule has 14 heavy (non-hydrogen) atoms. The molecular weight excluding hydrogens is 192 g/mol. The third kappa shape index (κ3) is 2.05. The lowest BCUT2D eigenvalue weighted by Crippen LogP contribution is -2.59. The number of methoxy groups -OCH3 is 2. The van der Waals surface area contributed by atoms with Gasteiger partial charge in [-0.15, -0.1) is 0 Å². The van der Waals surface area contributed by atoms with Gasteiger partial charge in [0.2, 0.25) is 0 Å². The molecule has 1 rings (SSSR count). The first kappa shape index (κ1) is 11.8. The highest BCUT2D eigenvalue weighted by Gasteiger charge is 2.44. The molecule has 0 saturated carbocycles. The molecule has 2 unspecified atom stereocenters. The largest absolute Gasteiger partial charge is 0.394 e. The van der Waals surface area contributed by atoms with Gasteiger partial charge >= 0.3 is 0 Å². The predicted octanol–water partition coefficient (Wildman–Crippen LogP) is -1.91. The third-order valence-electron chi connectivity index (χ3n) is 2.33. The van der Waals surface area contributed by atoms with Crippen LogP contribution in [0, 0.1) is 0 Å². The SMILES string of the molecule is COC1OC(CO)[C@@H](OC)[C@H](O)[C@@H]1O. The molecule has 0 aromatic heterocycles. The minimum atomic E-state index is -1.17. The summed E-state index contributed by atoms with van der Waals surface area (Å²) < 4.78 is 14.9. The van der Waals surface area contributed by atoms with Crippen molar-refractivity contribution in [2.24, 2.45) is 0 Å². The third-order valence-corrected chi connectivity index (χ3v) is 2.33. The number of hydrogen-bond donors (Lipinski definition) is 3. The summed E-state index contributed by atoms with van der Waals surface area (Å²) in [7, 11) is 2.72. The van der Waals surface area contributed by atoms with E-state index in [2.05, 4.69) is 0 Å². The minimum Gasteiger partial charge on any atom is -0.394 e. The Morgan fingerprint density at radius 1 is 1.14 bits per heavy atom. The van der Waals surface area contributed by atoms with Crippen LogP contribution in [0.25, 0.3) is 0 Å². The summed E-state index contributed by atoms with van der Waals surface area (Å²) in [5, 5.41) is 28.0. The van der Waals surface area contributed by atoms with E-state index in [1.165, 1.54) is 14.2 Å². The molecule has 1 aliphatic heterocycles. The quantitative estimate of drug-likeness (QED) is 0.501. The van der Waals surface area contributed by atoms with Gasteiger partial charge in [0.25, 0.3) is 0 Å². The van der Waals surface area contributed by atoms with Crippen LogP contribution in [-0.4, -0.2) is 66.9 Å². The van der Waals surface area contributed by atoms with Gasteiger partial charge in [-0.05, 0) is 0 Å². The van der Waals surface area contributed by atoms with Gasteiger partial charge in [0.1, 0.15) is 24.4 Å². The van der Waals surface area contributed by atoms with Gasteiger partial charge < -0.3 is 29.5 Å². The molecule has 0 aromatic carbocycles. The normalized spacial score (nSPS) is 43.9. The summed E-state index contributed by atoms with van der Waals surface area (Å²) in [6.07, 6.45) is -4.68. The fourth-order valence-corrected chi connectivity index (χ4v) is 1.54. The highest BCUT2D eigenvalue weighted by Crippen LogP contribution is 2.23. The zero-order chi connectivity index (χ0) is 10.7. The van der Waals surface area contributed by atoms with Crippen molar-refractivity contribution in [2.75, 3.05) is 20.8 Å². The molecule has 1 fully saturated rings. The molecule has 5 atom stereocenters. The Hall–Kier alpha value is -0.240. The van der Waals surface area contributed by atoms with Crippen molar-refractivity contribution in [3.8, 4) is 0 Å². The molecule has 84 valence electrons. The van der Waals surface area contributed by atoms with Gasteiger partial charge in [0.05, 0.1) is 6.61 Å². The number of aliphatic hydroxyl groups is 3. The molecule has 1 heterocycles. The average molecular weight is 208 g/mol. The molecule has 1 aliphatic rings. The van der Waals surface area contributed by atoms with Crippen LogP contribution < -0.4 is 0 Å². The van der Waals surface area contributed by atoms with Gasteiger partial charge in [-0.2, -0.15) is 0 Å². The second-order valence-electron chi connectivity index (χ2n) is 3.14. The first-order valence-corrected chi connectivity index (χ1v) is 4.33. The Balaban J connectivity index is 2.71. The van der Waals surface area contributed by atoms with Crippen LogP contribution in [0.2, 0.25) is 0 Å². The minimum absolute atomic E-state index is 0.303. The van der Waals surface area contributed by atoms with E-state index < -0.39 is 30.7 Å². The number of ether oxygens (including phenoxy) is 3. The molecule has 3 N–H and O–H groups in total. The van der Waals surface area contributed by atoms with Crippen molar-refractivity contribution in [1.82, 2.24) is 0 Å². The van der Waals surface area contributed by atoms with Gasteiger partial charge in [-0.25, -0.2) is 0 Å². The van der Waals surface area contributed by atoms with Crippen LogP contribution >= 0.6 is 0 Å². The Bertz CT molecular complexity index is 173. The van der Waals surface area contributed by atoms with Gasteiger partial charge in [-0.1, -0.05) is 0 Å². The standard InChI is InChI=1S/C8H16O6/c1-12-7-4(3-9)14-8(13-2)6(11)5(7)10/h4-11H,3H2,1-2H3/t4?,5-,6+,7-,8?/m1/s1. The Labute approximate surface area is 82.0 Å².